The van der Waals surface area contributed by atoms with Gasteiger partial charge in [0.25, 0.3) is 5.69 Å². The van der Waals surface area contributed by atoms with Gasteiger partial charge in [0.15, 0.2) is 5.78 Å². The van der Waals surface area contributed by atoms with Crippen molar-refractivity contribution in [3.8, 4) is 0 Å². The number of nitro groups is 1. The molecule has 9 heteroatoms. The number of imide groups is 1. The number of fused-ring (bicyclic) bond motifs is 5. The molecule has 2 fully saturated rings. The maximum absolute atomic E-state index is 13.8. The van der Waals surface area contributed by atoms with Gasteiger partial charge in [-0.05, 0) is 35.4 Å². The van der Waals surface area contributed by atoms with Crippen molar-refractivity contribution in [2.75, 3.05) is 4.90 Å². The van der Waals surface area contributed by atoms with Gasteiger partial charge in [0, 0.05) is 17.7 Å². The van der Waals surface area contributed by atoms with E-state index in [-0.39, 0.29) is 17.2 Å². The molecule has 0 saturated carbocycles. The molecule has 2 saturated heterocycles. The molecule has 3 aliphatic heterocycles. The first-order valence-corrected chi connectivity index (χ1v) is 11.1. The predicted molar refractivity (Wildman–Crippen MR) is 126 cm³/mol. The SMILES string of the molecule is O=C(c1ccc([N+](=O)[O-])cc1)[C@@H]1[C@@H]2C(=O)N(c3ccccc3)C(=O)[C@@H]2[C@@H]2c3ccccc3C=NN12. The molecule has 0 unspecified atom stereocenters. The molecule has 0 N–H and O–H groups in total. The van der Waals surface area contributed by atoms with E-state index >= 15 is 0 Å². The fourth-order valence-electron chi connectivity index (χ4n) is 5.42. The number of hydrogen-bond donors (Lipinski definition) is 0. The lowest BCUT2D eigenvalue weighted by Crippen LogP contribution is -2.44. The van der Waals surface area contributed by atoms with Crippen LogP contribution < -0.4 is 4.90 Å². The maximum atomic E-state index is 13.8. The summed E-state index contributed by atoms with van der Waals surface area (Å²) in [5, 5.41) is 17.1. The van der Waals surface area contributed by atoms with Crippen LogP contribution in [0.4, 0.5) is 11.4 Å². The van der Waals surface area contributed by atoms with E-state index in [9.17, 15) is 24.5 Å². The number of ketones is 1. The van der Waals surface area contributed by atoms with Crippen LogP contribution in [0.1, 0.15) is 27.5 Å². The maximum Gasteiger partial charge on any atom is 0.269 e. The van der Waals surface area contributed by atoms with Gasteiger partial charge >= 0.3 is 0 Å². The second-order valence-corrected chi connectivity index (χ2v) is 8.71. The van der Waals surface area contributed by atoms with Gasteiger partial charge in [-0.15, -0.1) is 0 Å². The molecule has 0 aliphatic carbocycles. The minimum absolute atomic E-state index is 0.143. The third-order valence-corrected chi connectivity index (χ3v) is 6.94. The van der Waals surface area contributed by atoms with Crippen LogP contribution in [0.15, 0.2) is 84.0 Å². The van der Waals surface area contributed by atoms with Gasteiger partial charge in [-0.2, -0.15) is 5.10 Å². The second-order valence-electron chi connectivity index (χ2n) is 8.71. The lowest BCUT2D eigenvalue weighted by molar-refractivity contribution is -0.384. The number of non-ortho nitro benzene ring substituents is 1. The Balaban J connectivity index is 1.47. The van der Waals surface area contributed by atoms with Crippen molar-refractivity contribution in [2.45, 2.75) is 12.1 Å². The van der Waals surface area contributed by atoms with Crippen molar-refractivity contribution in [3.63, 3.8) is 0 Å². The molecule has 0 aromatic heterocycles. The quantitative estimate of drug-likeness (QED) is 0.252. The van der Waals surface area contributed by atoms with Crippen molar-refractivity contribution in [1.82, 2.24) is 5.01 Å². The average Bonchev–Trinajstić information content (AvgIpc) is 3.36. The zero-order valence-electron chi connectivity index (χ0n) is 18.2. The van der Waals surface area contributed by atoms with Gasteiger partial charge in [-0.25, -0.2) is 4.90 Å². The summed E-state index contributed by atoms with van der Waals surface area (Å²) >= 11 is 0. The van der Waals surface area contributed by atoms with Crippen molar-refractivity contribution in [1.29, 1.82) is 0 Å². The Bertz CT molecular complexity index is 1420. The number of rotatable bonds is 4. The molecular formula is C26H18N4O5. The summed E-state index contributed by atoms with van der Waals surface area (Å²) in [5.41, 5.74) is 2.18. The summed E-state index contributed by atoms with van der Waals surface area (Å²) in [5.74, 6) is -2.97. The first kappa shape index (κ1) is 20.9. The number of nitrogens with zero attached hydrogens (tertiary/aromatic N) is 4. The van der Waals surface area contributed by atoms with E-state index in [1.54, 1.807) is 41.6 Å². The smallest absolute Gasteiger partial charge is 0.269 e. The van der Waals surface area contributed by atoms with Gasteiger partial charge in [0.2, 0.25) is 11.8 Å². The van der Waals surface area contributed by atoms with E-state index in [0.717, 1.165) is 11.1 Å². The lowest BCUT2D eigenvalue weighted by atomic mass is 9.83. The molecule has 172 valence electrons. The molecule has 3 aliphatic rings. The third-order valence-electron chi connectivity index (χ3n) is 6.94. The van der Waals surface area contributed by atoms with Crippen LogP contribution in [-0.4, -0.2) is 39.8 Å². The van der Waals surface area contributed by atoms with Gasteiger partial charge in [-0.1, -0.05) is 42.5 Å². The first-order chi connectivity index (χ1) is 17.0. The first-order valence-electron chi connectivity index (χ1n) is 11.1. The Hall–Kier alpha value is -4.66. The van der Waals surface area contributed by atoms with Gasteiger partial charge < -0.3 is 0 Å². The highest BCUT2D eigenvalue weighted by Gasteiger charge is 2.65. The molecule has 0 spiro atoms. The Kier molecular flexibility index (Phi) is 4.60. The molecule has 2 amide bonds. The monoisotopic (exact) mass is 466 g/mol. The molecule has 0 radical (unpaired) electrons. The number of carbonyl (C=O) groups is 3. The summed E-state index contributed by atoms with van der Waals surface area (Å²) in [6.45, 7) is 0. The molecule has 6 rings (SSSR count). The zero-order valence-corrected chi connectivity index (χ0v) is 18.2. The number of anilines is 1. The van der Waals surface area contributed by atoms with Crippen LogP contribution in [-0.2, 0) is 9.59 Å². The van der Waals surface area contributed by atoms with Gasteiger partial charge in [0.1, 0.15) is 6.04 Å². The summed E-state index contributed by atoms with van der Waals surface area (Å²) in [7, 11) is 0. The van der Waals surface area contributed by atoms with Crippen LogP contribution in [0.3, 0.4) is 0 Å². The molecule has 3 aromatic rings. The molecule has 0 bridgehead atoms. The molecular weight excluding hydrogens is 448 g/mol. The number of hydrazone groups is 1. The number of benzene rings is 3. The van der Waals surface area contributed by atoms with Crippen LogP contribution in [0.2, 0.25) is 0 Å². The molecule has 35 heavy (non-hydrogen) atoms. The number of carbonyl (C=O) groups excluding carboxylic acids is 3. The van der Waals surface area contributed by atoms with E-state index in [4.69, 9.17) is 0 Å². The normalized spacial score (nSPS) is 24.2. The third kappa shape index (κ3) is 3.01. The highest BCUT2D eigenvalue weighted by Crippen LogP contribution is 2.53. The highest BCUT2D eigenvalue weighted by atomic mass is 16.6. The summed E-state index contributed by atoms with van der Waals surface area (Å²) < 4.78 is 0. The number of Topliss-reactive ketones (excluding diaryl/α,β-unsaturated/α-hetero) is 1. The predicted octanol–water partition coefficient (Wildman–Crippen LogP) is 3.36. The molecule has 3 aromatic carbocycles. The minimum atomic E-state index is -1.03. The number of para-hydroxylation sites is 1. The van der Waals surface area contributed by atoms with Crippen molar-refractivity contribution in [3.05, 3.63) is 106 Å². The van der Waals surface area contributed by atoms with Crippen LogP contribution in [0.5, 0.6) is 0 Å². The van der Waals surface area contributed by atoms with Crippen molar-refractivity contribution >= 4 is 35.2 Å². The molecule has 9 nitrogen and oxygen atoms in total. The Morgan fingerprint density at radius 1 is 0.857 bits per heavy atom. The van der Waals surface area contributed by atoms with Crippen LogP contribution in [0.25, 0.3) is 0 Å². The fraction of sp³-hybridized carbons (Fsp3) is 0.154. The Morgan fingerprint density at radius 3 is 2.23 bits per heavy atom. The van der Waals surface area contributed by atoms with E-state index in [1.165, 1.54) is 29.2 Å². The van der Waals surface area contributed by atoms with E-state index < -0.39 is 40.5 Å². The lowest BCUT2D eigenvalue weighted by Gasteiger charge is -2.33. The largest absolute Gasteiger partial charge is 0.292 e. The van der Waals surface area contributed by atoms with Crippen LogP contribution >= 0.6 is 0 Å². The fourth-order valence-corrected chi connectivity index (χ4v) is 5.42. The zero-order chi connectivity index (χ0) is 24.3. The highest BCUT2D eigenvalue weighted by molar-refractivity contribution is 6.24. The average molecular weight is 466 g/mol. The molecule has 4 atom stereocenters. The number of nitro benzene ring substituents is 1. The summed E-state index contributed by atoms with van der Waals surface area (Å²) in [4.78, 5) is 52.9. The van der Waals surface area contributed by atoms with Crippen molar-refractivity contribution in [2.24, 2.45) is 16.9 Å². The number of amides is 2. The van der Waals surface area contributed by atoms with Crippen LogP contribution in [0, 0.1) is 22.0 Å². The topological polar surface area (TPSA) is 113 Å². The van der Waals surface area contributed by atoms with E-state index in [1.807, 2.05) is 24.3 Å². The van der Waals surface area contributed by atoms with E-state index in [2.05, 4.69) is 5.10 Å². The number of hydrogen-bond acceptors (Lipinski definition) is 7. The minimum Gasteiger partial charge on any atom is -0.292 e. The molecule has 3 heterocycles. The summed E-state index contributed by atoms with van der Waals surface area (Å²) in [6, 6.07) is 19.8. The van der Waals surface area contributed by atoms with Crippen molar-refractivity contribution < 1.29 is 19.3 Å². The van der Waals surface area contributed by atoms with Gasteiger partial charge in [-0.3, -0.25) is 29.5 Å². The summed E-state index contributed by atoms with van der Waals surface area (Å²) in [6.07, 6.45) is 1.63. The van der Waals surface area contributed by atoms with E-state index in [0.29, 0.717) is 5.69 Å². The Morgan fingerprint density at radius 2 is 1.51 bits per heavy atom. The standard InChI is InChI=1S/C26H18N4O5/c31-24(15-10-12-18(13-11-15)30(34)35)23-21-20(22-19-9-5-4-6-16(19)14-27-29(22)23)25(32)28(26(21)33)17-7-2-1-3-8-17/h1-14,20-23H/t20-,21+,22-,23-/m0/s1. The Labute approximate surface area is 199 Å². The second kappa shape index (κ2) is 7.69. The van der Waals surface area contributed by atoms with Gasteiger partial charge in [0.05, 0.1) is 34.7 Å².